The molecule has 2 aromatic rings. The minimum Gasteiger partial charge on any atom is -0.481 e. The van der Waals surface area contributed by atoms with Crippen LogP contribution in [0.4, 0.5) is 11.4 Å². The Kier molecular flexibility index (Phi) is 4.33. The third-order valence-electron chi connectivity index (χ3n) is 3.60. The van der Waals surface area contributed by atoms with Crippen LogP contribution in [0.25, 0.3) is 0 Å². The quantitative estimate of drug-likeness (QED) is 0.927. The number of nitrogens with one attached hydrogen (secondary N) is 1. The van der Waals surface area contributed by atoms with E-state index >= 15 is 0 Å². The number of rotatable bonds is 4. The molecule has 1 N–H and O–H groups in total. The number of para-hydroxylation sites is 2. The minimum atomic E-state index is -0.629. The molecule has 0 spiro atoms. The van der Waals surface area contributed by atoms with Crippen molar-refractivity contribution in [3.8, 4) is 11.6 Å². The summed E-state index contributed by atoms with van der Waals surface area (Å²) in [6, 6.07) is 10.5. The molecule has 0 saturated carbocycles. The molecular formula is C17H17N3O4. The second-order valence-electron chi connectivity index (χ2n) is 5.29. The van der Waals surface area contributed by atoms with Crippen LogP contribution < -0.4 is 19.7 Å². The lowest BCUT2D eigenvalue weighted by Crippen LogP contribution is -2.47. The van der Waals surface area contributed by atoms with Crippen LogP contribution in [-0.2, 0) is 9.59 Å². The van der Waals surface area contributed by atoms with Crippen molar-refractivity contribution in [3.05, 3.63) is 42.6 Å². The summed E-state index contributed by atoms with van der Waals surface area (Å²) in [5, 5.41) is 2.72. The van der Waals surface area contributed by atoms with E-state index in [0.29, 0.717) is 23.0 Å². The lowest BCUT2D eigenvalue weighted by molar-refractivity contribution is -0.127. The molecule has 2 amide bonds. The van der Waals surface area contributed by atoms with Crippen LogP contribution in [0.3, 0.4) is 0 Å². The number of fused-ring (bicyclic) bond motifs is 1. The van der Waals surface area contributed by atoms with Crippen LogP contribution in [0.1, 0.15) is 6.92 Å². The predicted octanol–water partition coefficient (Wildman–Crippen LogP) is 1.84. The fourth-order valence-electron chi connectivity index (χ4n) is 2.44. The van der Waals surface area contributed by atoms with Gasteiger partial charge in [-0.15, -0.1) is 0 Å². The molecule has 0 saturated heterocycles. The topological polar surface area (TPSA) is 80.8 Å². The molecule has 1 unspecified atom stereocenters. The van der Waals surface area contributed by atoms with Crippen molar-refractivity contribution in [2.75, 3.05) is 23.9 Å². The maximum Gasteiger partial charge on any atom is 0.268 e. The molecule has 7 nitrogen and oxygen atoms in total. The highest BCUT2D eigenvalue weighted by Crippen LogP contribution is 2.33. The standard InChI is InChI=1S/C17H17N3O4/c1-11-17(22)20(13-5-3-4-6-14(13)24-11)10-15(21)19-12-7-8-16(23-2)18-9-12/h3-9,11H,10H2,1-2H3,(H,19,21). The first kappa shape index (κ1) is 15.8. The number of hydrogen-bond donors (Lipinski definition) is 1. The van der Waals surface area contributed by atoms with Gasteiger partial charge in [-0.3, -0.25) is 14.5 Å². The van der Waals surface area contributed by atoms with Crippen molar-refractivity contribution < 1.29 is 19.1 Å². The first-order valence-electron chi connectivity index (χ1n) is 7.45. The Balaban J connectivity index is 1.74. The fourth-order valence-corrected chi connectivity index (χ4v) is 2.44. The average Bonchev–Trinajstić information content (AvgIpc) is 2.59. The highest BCUT2D eigenvalue weighted by atomic mass is 16.5. The zero-order valence-corrected chi connectivity index (χ0v) is 13.4. The zero-order valence-electron chi connectivity index (χ0n) is 13.4. The number of anilines is 2. The first-order chi connectivity index (χ1) is 11.6. The van der Waals surface area contributed by atoms with E-state index in [1.54, 1.807) is 37.3 Å². The lowest BCUT2D eigenvalue weighted by atomic mass is 10.2. The van der Waals surface area contributed by atoms with E-state index in [-0.39, 0.29) is 18.4 Å². The number of carbonyl (C=O) groups is 2. The highest BCUT2D eigenvalue weighted by Gasteiger charge is 2.32. The van der Waals surface area contributed by atoms with Gasteiger partial charge in [-0.25, -0.2) is 4.98 Å². The molecule has 3 rings (SSSR count). The van der Waals surface area contributed by atoms with Crippen LogP contribution in [-0.4, -0.2) is 36.6 Å². The summed E-state index contributed by atoms with van der Waals surface area (Å²) in [7, 11) is 1.52. The number of hydrogen-bond acceptors (Lipinski definition) is 5. The van der Waals surface area contributed by atoms with Gasteiger partial charge in [0.15, 0.2) is 6.10 Å². The largest absolute Gasteiger partial charge is 0.481 e. The van der Waals surface area contributed by atoms with Gasteiger partial charge in [0.25, 0.3) is 5.91 Å². The molecule has 1 aliphatic heterocycles. The maximum absolute atomic E-state index is 12.4. The van der Waals surface area contributed by atoms with E-state index in [0.717, 1.165) is 0 Å². The van der Waals surface area contributed by atoms with Gasteiger partial charge >= 0.3 is 0 Å². The fraction of sp³-hybridized carbons (Fsp3) is 0.235. The predicted molar refractivity (Wildman–Crippen MR) is 88.3 cm³/mol. The summed E-state index contributed by atoms with van der Waals surface area (Å²) < 4.78 is 10.5. The maximum atomic E-state index is 12.4. The number of nitrogens with zero attached hydrogens (tertiary/aromatic N) is 2. The van der Waals surface area contributed by atoms with E-state index in [4.69, 9.17) is 9.47 Å². The molecule has 1 aromatic carbocycles. The number of amides is 2. The Labute approximate surface area is 139 Å². The highest BCUT2D eigenvalue weighted by molar-refractivity contribution is 6.06. The van der Waals surface area contributed by atoms with Crippen molar-refractivity contribution in [2.24, 2.45) is 0 Å². The van der Waals surface area contributed by atoms with Crippen LogP contribution in [0.5, 0.6) is 11.6 Å². The second-order valence-corrected chi connectivity index (χ2v) is 5.29. The van der Waals surface area contributed by atoms with E-state index in [1.165, 1.54) is 18.2 Å². The molecule has 1 atom stereocenters. The van der Waals surface area contributed by atoms with Crippen molar-refractivity contribution in [1.29, 1.82) is 0 Å². The Morgan fingerprint density at radius 3 is 2.83 bits per heavy atom. The zero-order chi connectivity index (χ0) is 17.1. The van der Waals surface area contributed by atoms with E-state index in [9.17, 15) is 9.59 Å². The third kappa shape index (κ3) is 3.15. The molecule has 7 heteroatoms. The van der Waals surface area contributed by atoms with E-state index in [2.05, 4.69) is 10.3 Å². The number of aromatic nitrogens is 1. The number of ether oxygens (including phenoxy) is 2. The first-order valence-corrected chi connectivity index (χ1v) is 7.45. The van der Waals surface area contributed by atoms with Gasteiger partial charge in [0.2, 0.25) is 11.8 Å². The average molecular weight is 327 g/mol. The second kappa shape index (κ2) is 6.57. The Bertz CT molecular complexity index is 761. The van der Waals surface area contributed by atoms with E-state index < -0.39 is 6.10 Å². The smallest absolute Gasteiger partial charge is 0.268 e. The minimum absolute atomic E-state index is 0.102. The number of pyridine rings is 1. The van der Waals surface area contributed by atoms with Gasteiger partial charge in [-0.2, -0.15) is 0 Å². The lowest BCUT2D eigenvalue weighted by Gasteiger charge is -2.32. The number of benzene rings is 1. The molecule has 1 aliphatic rings. The summed E-state index contributed by atoms with van der Waals surface area (Å²) in [6.45, 7) is 1.56. The SMILES string of the molecule is COc1ccc(NC(=O)CN2C(=O)C(C)Oc3ccccc32)cn1. The van der Waals surface area contributed by atoms with Gasteiger partial charge in [-0.1, -0.05) is 12.1 Å². The van der Waals surface area contributed by atoms with Crippen molar-refractivity contribution >= 4 is 23.2 Å². The molecule has 1 aromatic heterocycles. The van der Waals surface area contributed by atoms with Gasteiger partial charge < -0.3 is 14.8 Å². The molecular weight excluding hydrogens is 310 g/mol. The Hall–Kier alpha value is -3.09. The number of methoxy groups -OCH3 is 1. The van der Waals surface area contributed by atoms with Crippen LogP contribution in [0.15, 0.2) is 42.6 Å². The summed E-state index contributed by atoms with van der Waals surface area (Å²) in [5.41, 5.74) is 1.12. The Morgan fingerprint density at radius 2 is 2.12 bits per heavy atom. The molecule has 0 radical (unpaired) electrons. The van der Waals surface area contributed by atoms with Gasteiger partial charge in [-0.05, 0) is 25.1 Å². The number of carbonyl (C=O) groups excluding carboxylic acids is 2. The molecule has 24 heavy (non-hydrogen) atoms. The van der Waals surface area contributed by atoms with Crippen LogP contribution in [0, 0.1) is 0 Å². The summed E-state index contributed by atoms with van der Waals surface area (Å²) >= 11 is 0. The third-order valence-corrected chi connectivity index (χ3v) is 3.60. The summed E-state index contributed by atoms with van der Waals surface area (Å²) in [5.74, 6) is 0.471. The van der Waals surface area contributed by atoms with Gasteiger partial charge in [0.05, 0.1) is 24.7 Å². The summed E-state index contributed by atoms with van der Waals surface area (Å²) in [6.07, 6.45) is 0.865. The normalized spacial score (nSPS) is 16.2. The van der Waals surface area contributed by atoms with Crippen LogP contribution >= 0.6 is 0 Å². The summed E-state index contributed by atoms with van der Waals surface area (Å²) in [4.78, 5) is 30.1. The van der Waals surface area contributed by atoms with E-state index in [1.807, 2.05) is 6.07 Å². The monoisotopic (exact) mass is 327 g/mol. The van der Waals surface area contributed by atoms with Crippen molar-refractivity contribution in [2.45, 2.75) is 13.0 Å². The molecule has 0 bridgehead atoms. The van der Waals surface area contributed by atoms with Crippen molar-refractivity contribution in [3.63, 3.8) is 0 Å². The molecule has 2 heterocycles. The molecule has 0 fully saturated rings. The molecule has 124 valence electrons. The Morgan fingerprint density at radius 1 is 1.33 bits per heavy atom. The molecule has 0 aliphatic carbocycles. The van der Waals surface area contributed by atoms with Crippen molar-refractivity contribution in [1.82, 2.24) is 4.98 Å². The van der Waals surface area contributed by atoms with Gasteiger partial charge in [0, 0.05) is 6.07 Å². The van der Waals surface area contributed by atoms with Gasteiger partial charge in [0.1, 0.15) is 12.3 Å². The van der Waals surface area contributed by atoms with Crippen LogP contribution in [0.2, 0.25) is 0 Å².